The van der Waals surface area contributed by atoms with Crippen molar-refractivity contribution in [2.45, 2.75) is 45.2 Å². The third-order valence-corrected chi connectivity index (χ3v) is 4.29. The Balaban J connectivity index is 1.99. The van der Waals surface area contributed by atoms with Crippen molar-refractivity contribution >= 4 is 17.5 Å². The molecule has 1 heterocycles. The summed E-state index contributed by atoms with van der Waals surface area (Å²) in [4.78, 5) is 26.6. The van der Waals surface area contributed by atoms with Gasteiger partial charge in [0, 0.05) is 5.69 Å². The molecule has 1 aliphatic carbocycles. The molecule has 106 valence electrons. The van der Waals surface area contributed by atoms with Crippen LogP contribution in [0.15, 0.2) is 24.3 Å². The van der Waals surface area contributed by atoms with Gasteiger partial charge < -0.3 is 5.32 Å². The van der Waals surface area contributed by atoms with E-state index in [1.54, 1.807) is 11.8 Å². The summed E-state index contributed by atoms with van der Waals surface area (Å²) in [6.07, 6.45) is 2.92. The lowest BCUT2D eigenvalue weighted by Crippen LogP contribution is -2.63. The van der Waals surface area contributed by atoms with Crippen molar-refractivity contribution in [3.63, 3.8) is 0 Å². The van der Waals surface area contributed by atoms with Crippen LogP contribution in [0.3, 0.4) is 0 Å². The molecule has 4 nitrogen and oxygen atoms in total. The second kappa shape index (κ2) is 4.93. The van der Waals surface area contributed by atoms with Gasteiger partial charge in [0.25, 0.3) is 5.91 Å². The molecule has 0 radical (unpaired) electrons. The Kier molecular flexibility index (Phi) is 3.24. The molecule has 2 unspecified atom stereocenters. The summed E-state index contributed by atoms with van der Waals surface area (Å²) in [6, 6.07) is 7.09. The number of para-hydroxylation sites is 1. The fraction of sp³-hybridized carbons (Fsp3) is 0.500. The lowest BCUT2D eigenvalue weighted by atomic mass is 10.0. The molecule has 2 fully saturated rings. The van der Waals surface area contributed by atoms with Crippen molar-refractivity contribution in [1.82, 2.24) is 5.32 Å². The number of nitrogens with zero attached hydrogens (tertiary/aromatic N) is 1. The van der Waals surface area contributed by atoms with Crippen LogP contribution in [-0.2, 0) is 16.0 Å². The number of hydrogen-bond donors (Lipinski definition) is 1. The average Bonchev–Trinajstić information content (AvgIpc) is 3.28. The Labute approximate surface area is 119 Å². The molecule has 0 aromatic heterocycles. The zero-order valence-electron chi connectivity index (χ0n) is 11.9. The highest BCUT2D eigenvalue weighted by Gasteiger charge is 2.46. The van der Waals surface area contributed by atoms with Crippen molar-refractivity contribution in [3.05, 3.63) is 29.8 Å². The van der Waals surface area contributed by atoms with Gasteiger partial charge in [0.05, 0.1) is 0 Å². The molecule has 2 atom stereocenters. The highest BCUT2D eigenvalue weighted by atomic mass is 16.2. The minimum absolute atomic E-state index is 0.0421. The summed E-state index contributed by atoms with van der Waals surface area (Å²) in [6.45, 7) is 3.86. The normalized spacial score (nSPS) is 26.6. The number of amides is 2. The highest BCUT2D eigenvalue weighted by Crippen LogP contribution is 2.36. The van der Waals surface area contributed by atoms with Gasteiger partial charge in [-0.05, 0) is 43.7 Å². The molecule has 0 spiro atoms. The monoisotopic (exact) mass is 272 g/mol. The minimum atomic E-state index is -0.440. The second-order valence-electron chi connectivity index (χ2n) is 5.69. The molecular weight excluding hydrogens is 252 g/mol. The van der Waals surface area contributed by atoms with Crippen molar-refractivity contribution < 1.29 is 9.59 Å². The first-order valence-corrected chi connectivity index (χ1v) is 7.34. The number of rotatable bonds is 3. The fourth-order valence-electron chi connectivity index (χ4n) is 2.91. The summed E-state index contributed by atoms with van der Waals surface area (Å²) in [7, 11) is 0. The largest absolute Gasteiger partial charge is 0.342 e. The highest BCUT2D eigenvalue weighted by molar-refractivity contribution is 6.08. The first-order valence-electron chi connectivity index (χ1n) is 7.34. The second-order valence-corrected chi connectivity index (χ2v) is 5.69. The van der Waals surface area contributed by atoms with Crippen molar-refractivity contribution in [2.75, 3.05) is 4.90 Å². The van der Waals surface area contributed by atoms with E-state index in [2.05, 4.69) is 12.2 Å². The van der Waals surface area contributed by atoms with Gasteiger partial charge in [-0.2, -0.15) is 0 Å². The molecule has 1 saturated carbocycles. The quantitative estimate of drug-likeness (QED) is 0.913. The van der Waals surface area contributed by atoms with Crippen LogP contribution in [0.25, 0.3) is 0 Å². The van der Waals surface area contributed by atoms with E-state index in [0.717, 1.165) is 30.5 Å². The standard InChI is InChI=1S/C16H20N2O2/c1-3-11-6-4-5-7-13(11)18-10(2)15(19)17-14(16(18)20)12-8-9-12/h4-7,10,12,14H,3,8-9H2,1-2H3,(H,17,19). The maximum absolute atomic E-state index is 12.7. The number of aryl methyl sites for hydroxylation is 1. The van der Waals surface area contributed by atoms with Crippen LogP contribution in [0, 0.1) is 5.92 Å². The van der Waals surface area contributed by atoms with Crippen LogP contribution in [-0.4, -0.2) is 23.9 Å². The third kappa shape index (κ3) is 2.09. The van der Waals surface area contributed by atoms with Gasteiger partial charge in [0.1, 0.15) is 12.1 Å². The molecule has 1 aromatic carbocycles. The topological polar surface area (TPSA) is 49.4 Å². The minimum Gasteiger partial charge on any atom is -0.342 e. The van der Waals surface area contributed by atoms with Crippen LogP contribution >= 0.6 is 0 Å². The Morgan fingerprint density at radius 2 is 1.95 bits per heavy atom. The Morgan fingerprint density at radius 1 is 1.25 bits per heavy atom. The number of carbonyl (C=O) groups excluding carboxylic acids is 2. The van der Waals surface area contributed by atoms with Crippen LogP contribution in [0.2, 0.25) is 0 Å². The molecule has 1 aliphatic heterocycles. The first kappa shape index (κ1) is 13.2. The van der Waals surface area contributed by atoms with Gasteiger partial charge in [-0.15, -0.1) is 0 Å². The van der Waals surface area contributed by atoms with Gasteiger partial charge in [-0.1, -0.05) is 25.1 Å². The number of carbonyl (C=O) groups is 2. The number of anilines is 1. The smallest absolute Gasteiger partial charge is 0.250 e. The van der Waals surface area contributed by atoms with Crippen LogP contribution in [0.4, 0.5) is 5.69 Å². The SMILES string of the molecule is CCc1ccccc1N1C(=O)C(C2CC2)NC(=O)C1C. The van der Waals surface area contributed by atoms with Gasteiger partial charge in [-0.25, -0.2) is 0 Å². The summed E-state index contributed by atoms with van der Waals surface area (Å²) in [5.41, 5.74) is 1.99. The van der Waals surface area contributed by atoms with E-state index >= 15 is 0 Å². The van der Waals surface area contributed by atoms with E-state index in [0.29, 0.717) is 5.92 Å². The lowest BCUT2D eigenvalue weighted by molar-refractivity contribution is -0.134. The molecule has 20 heavy (non-hydrogen) atoms. The van der Waals surface area contributed by atoms with Crippen LogP contribution in [0.1, 0.15) is 32.3 Å². The van der Waals surface area contributed by atoms with Gasteiger partial charge >= 0.3 is 0 Å². The third-order valence-electron chi connectivity index (χ3n) is 4.29. The van der Waals surface area contributed by atoms with E-state index in [4.69, 9.17) is 0 Å². The van der Waals surface area contributed by atoms with E-state index < -0.39 is 6.04 Å². The van der Waals surface area contributed by atoms with Crippen molar-refractivity contribution in [3.8, 4) is 0 Å². The molecule has 2 amide bonds. The first-order chi connectivity index (χ1) is 9.63. The molecule has 1 aromatic rings. The summed E-state index contributed by atoms with van der Waals surface area (Å²) in [5.74, 6) is 0.322. The Hall–Kier alpha value is -1.84. The molecule has 3 rings (SSSR count). The average molecular weight is 272 g/mol. The maximum Gasteiger partial charge on any atom is 0.250 e. The summed E-state index contributed by atoms with van der Waals surface area (Å²) >= 11 is 0. The van der Waals surface area contributed by atoms with Crippen LogP contribution < -0.4 is 10.2 Å². The molecule has 4 heteroatoms. The molecule has 1 saturated heterocycles. The number of benzene rings is 1. The molecular formula is C16H20N2O2. The Morgan fingerprint density at radius 3 is 2.60 bits per heavy atom. The fourth-order valence-corrected chi connectivity index (χ4v) is 2.91. The molecule has 1 N–H and O–H groups in total. The summed E-state index contributed by atoms with van der Waals surface area (Å²) < 4.78 is 0. The number of hydrogen-bond acceptors (Lipinski definition) is 2. The number of piperazine rings is 1. The predicted octanol–water partition coefficient (Wildman–Crippen LogP) is 1.88. The van der Waals surface area contributed by atoms with E-state index in [1.807, 2.05) is 24.3 Å². The lowest BCUT2D eigenvalue weighted by Gasteiger charge is -2.38. The van der Waals surface area contributed by atoms with E-state index in [9.17, 15) is 9.59 Å². The predicted molar refractivity (Wildman–Crippen MR) is 77.4 cm³/mol. The number of nitrogens with one attached hydrogen (secondary N) is 1. The molecule has 2 aliphatic rings. The maximum atomic E-state index is 12.7. The van der Waals surface area contributed by atoms with E-state index in [-0.39, 0.29) is 17.9 Å². The van der Waals surface area contributed by atoms with Crippen molar-refractivity contribution in [2.24, 2.45) is 5.92 Å². The van der Waals surface area contributed by atoms with Gasteiger partial charge in [0.15, 0.2) is 0 Å². The van der Waals surface area contributed by atoms with Gasteiger partial charge in [0.2, 0.25) is 5.91 Å². The van der Waals surface area contributed by atoms with Gasteiger partial charge in [-0.3, -0.25) is 14.5 Å². The molecule has 0 bridgehead atoms. The zero-order valence-corrected chi connectivity index (χ0v) is 11.9. The summed E-state index contributed by atoms with van der Waals surface area (Å²) in [5, 5.41) is 2.88. The van der Waals surface area contributed by atoms with Crippen LogP contribution in [0.5, 0.6) is 0 Å². The van der Waals surface area contributed by atoms with E-state index in [1.165, 1.54) is 0 Å². The Bertz CT molecular complexity index is 551. The van der Waals surface area contributed by atoms with Crippen molar-refractivity contribution in [1.29, 1.82) is 0 Å². The zero-order chi connectivity index (χ0) is 14.3.